The van der Waals surface area contributed by atoms with Gasteiger partial charge in [0.2, 0.25) is 0 Å². The van der Waals surface area contributed by atoms with E-state index >= 15 is 0 Å². The fraction of sp³-hybridized carbons (Fsp3) is 0.615. The number of Topliss-reactive ketones (excluding diaryl/α,β-unsaturated/α-hetero) is 1. The Balaban J connectivity index is 3.14. The van der Waals surface area contributed by atoms with Gasteiger partial charge in [-0.2, -0.15) is 0 Å². The number of ketones is 1. The first-order valence-electron chi connectivity index (χ1n) is 6.40. The molecule has 0 aromatic carbocycles. The van der Waals surface area contributed by atoms with Crippen LogP contribution in [0, 0.1) is 0 Å². The molecule has 0 aliphatic carbocycles. The number of nitrogens with zero attached hydrogens (tertiary/aromatic N) is 2. The SMILES string of the molecule is CCCN(CCC)c1nc(C(=O)OC)c(C(C)=O)s1. The van der Waals surface area contributed by atoms with Crippen LogP contribution in [0.3, 0.4) is 0 Å². The monoisotopic (exact) mass is 284 g/mol. The third-order valence-corrected chi connectivity index (χ3v) is 3.79. The number of hydrogen-bond donors (Lipinski definition) is 0. The highest BCUT2D eigenvalue weighted by molar-refractivity contribution is 7.17. The molecule has 0 N–H and O–H groups in total. The molecular formula is C13H20N2O3S. The van der Waals surface area contributed by atoms with Gasteiger partial charge in [-0.1, -0.05) is 25.2 Å². The summed E-state index contributed by atoms with van der Waals surface area (Å²) >= 11 is 1.26. The number of carbonyl (C=O) groups excluding carboxylic acids is 2. The summed E-state index contributed by atoms with van der Waals surface area (Å²) in [5, 5.41) is 0.717. The Hall–Kier alpha value is -1.43. The van der Waals surface area contributed by atoms with Crippen molar-refractivity contribution in [1.29, 1.82) is 0 Å². The van der Waals surface area contributed by atoms with Crippen LogP contribution in [0.4, 0.5) is 5.13 Å². The molecule has 0 amide bonds. The Labute approximate surface area is 117 Å². The van der Waals surface area contributed by atoms with Gasteiger partial charge in [0, 0.05) is 20.0 Å². The van der Waals surface area contributed by atoms with Gasteiger partial charge in [0.15, 0.2) is 16.6 Å². The second kappa shape index (κ2) is 7.23. The van der Waals surface area contributed by atoms with E-state index in [4.69, 9.17) is 0 Å². The fourth-order valence-electron chi connectivity index (χ4n) is 1.76. The van der Waals surface area contributed by atoms with Gasteiger partial charge in [0.25, 0.3) is 0 Å². The lowest BCUT2D eigenvalue weighted by molar-refractivity contribution is 0.0591. The highest BCUT2D eigenvalue weighted by Gasteiger charge is 2.23. The lowest BCUT2D eigenvalue weighted by atomic mass is 10.3. The molecule has 0 atom stereocenters. The molecule has 0 saturated carbocycles. The Morgan fingerprint density at radius 3 is 2.26 bits per heavy atom. The molecule has 0 aliphatic heterocycles. The van der Waals surface area contributed by atoms with Crippen LogP contribution >= 0.6 is 11.3 Å². The molecule has 0 radical (unpaired) electrons. The zero-order valence-corrected chi connectivity index (χ0v) is 12.7. The molecule has 106 valence electrons. The van der Waals surface area contributed by atoms with Crippen molar-refractivity contribution in [3.05, 3.63) is 10.6 Å². The quantitative estimate of drug-likeness (QED) is 0.569. The van der Waals surface area contributed by atoms with Crippen molar-refractivity contribution >= 4 is 28.2 Å². The predicted octanol–water partition coefficient (Wildman–Crippen LogP) is 2.76. The molecule has 1 heterocycles. The van der Waals surface area contributed by atoms with Gasteiger partial charge >= 0.3 is 5.97 Å². The van der Waals surface area contributed by atoms with E-state index in [0.717, 1.165) is 25.9 Å². The molecule has 1 aromatic heterocycles. The molecule has 6 heteroatoms. The maximum absolute atomic E-state index is 11.6. The maximum Gasteiger partial charge on any atom is 0.358 e. The van der Waals surface area contributed by atoms with Gasteiger partial charge in [-0.25, -0.2) is 9.78 Å². The van der Waals surface area contributed by atoms with E-state index < -0.39 is 5.97 Å². The van der Waals surface area contributed by atoms with E-state index in [1.807, 2.05) is 0 Å². The highest BCUT2D eigenvalue weighted by Crippen LogP contribution is 2.27. The second-order valence-electron chi connectivity index (χ2n) is 4.21. The Bertz CT molecular complexity index is 451. The number of esters is 1. The minimum atomic E-state index is -0.555. The third kappa shape index (κ3) is 3.76. The van der Waals surface area contributed by atoms with Gasteiger partial charge < -0.3 is 9.64 Å². The smallest absolute Gasteiger partial charge is 0.358 e. The van der Waals surface area contributed by atoms with Crippen LogP contribution in [-0.4, -0.2) is 36.9 Å². The van der Waals surface area contributed by atoms with Crippen LogP contribution in [0.15, 0.2) is 0 Å². The van der Waals surface area contributed by atoms with Crippen LogP contribution in [0.1, 0.15) is 53.8 Å². The predicted molar refractivity (Wildman–Crippen MR) is 76.3 cm³/mol. The van der Waals surface area contributed by atoms with Crippen LogP contribution in [0.5, 0.6) is 0 Å². The van der Waals surface area contributed by atoms with Crippen molar-refractivity contribution in [1.82, 2.24) is 4.98 Å². The van der Waals surface area contributed by atoms with Crippen molar-refractivity contribution in [2.45, 2.75) is 33.6 Å². The molecule has 0 bridgehead atoms. The number of carbonyl (C=O) groups is 2. The minimum absolute atomic E-state index is 0.132. The van der Waals surface area contributed by atoms with E-state index in [0.29, 0.717) is 10.0 Å². The molecular weight excluding hydrogens is 264 g/mol. The first-order chi connectivity index (χ1) is 9.04. The van der Waals surface area contributed by atoms with Gasteiger partial charge in [0.1, 0.15) is 4.88 Å². The van der Waals surface area contributed by atoms with E-state index in [2.05, 4.69) is 28.5 Å². The number of ether oxygens (including phenoxy) is 1. The largest absolute Gasteiger partial charge is 0.464 e. The lowest BCUT2D eigenvalue weighted by Gasteiger charge is -2.19. The van der Waals surface area contributed by atoms with Crippen LogP contribution < -0.4 is 4.90 Å². The van der Waals surface area contributed by atoms with Crippen LogP contribution in [0.2, 0.25) is 0 Å². The van der Waals surface area contributed by atoms with Crippen molar-refractivity contribution in [3.63, 3.8) is 0 Å². The third-order valence-electron chi connectivity index (χ3n) is 2.57. The summed E-state index contributed by atoms with van der Waals surface area (Å²) in [5.74, 6) is -0.710. The summed E-state index contributed by atoms with van der Waals surface area (Å²) in [6, 6.07) is 0. The van der Waals surface area contributed by atoms with Crippen LogP contribution in [0.25, 0.3) is 0 Å². The number of thiazole rings is 1. The summed E-state index contributed by atoms with van der Waals surface area (Å²) in [7, 11) is 1.29. The lowest BCUT2D eigenvalue weighted by Crippen LogP contribution is -2.24. The summed E-state index contributed by atoms with van der Waals surface area (Å²) in [6.45, 7) is 7.33. The zero-order chi connectivity index (χ0) is 14.4. The minimum Gasteiger partial charge on any atom is -0.464 e. The summed E-state index contributed by atoms with van der Waals surface area (Å²) in [5.41, 5.74) is 0.132. The van der Waals surface area contributed by atoms with Crippen molar-refractivity contribution in [3.8, 4) is 0 Å². The van der Waals surface area contributed by atoms with Gasteiger partial charge in [-0.15, -0.1) is 0 Å². The van der Waals surface area contributed by atoms with Crippen LogP contribution in [-0.2, 0) is 4.74 Å². The Kier molecular flexibility index (Phi) is 5.95. The normalized spacial score (nSPS) is 10.3. The molecule has 1 aromatic rings. The molecule has 19 heavy (non-hydrogen) atoms. The summed E-state index contributed by atoms with van der Waals surface area (Å²) < 4.78 is 4.67. The first-order valence-corrected chi connectivity index (χ1v) is 7.21. The molecule has 0 aliphatic rings. The second-order valence-corrected chi connectivity index (χ2v) is 5.19. The number of hydrogen-bond acceptors (Lipinski definition) is 6. The maximum atomic E-state index is 11.6. The van der Waals surface area contributed by atoms with Crippen molar-refractivity contribution in [2.75, 3.05) is 25.1 Å². The molecule has 1 rings (SSSR count). The average molecular weight is 284 g/mol. The zero-order valence-electron chi connectivity index (χ0n) is 11.9. The average Bonchev–Trinajstić information content (AvgIpc) is 2.82. The Morgan fingerprint density at radius 1 is 1.26 bits per heavy atom. The van der Waals surface area contributed by atoms with Gasteiger partial charge in [0.05, 0.1) is 7.11 Å². The summed E-state index contributed by atoms with van der Waals surface area (Å²) in [4.78, 5) is 30.0. The fourth-order valence-corrected chi connectivity index (χ4v) is 2.76. The van der Waals surface area contributed by atoms with E-state index in [1.165, 1.54) is 25.4 Å². The molecule has 0 fully saturated rings. The first kappa shape index (κ1) is 15.6. The van der Waals surface area contributed by atoms with E-state index in [1.54, 1.807) is 0 Å². The van der Waals surface area contributed by atoms with E-state index in [9.17, 15) is 9.59 Å². The number of anilines is 1. The van der Waals surface area contributed by atoms with Gasteiger partial charge in [-0.05, 0) is 12.8 Å². The Morgan fingerprint density at radius 2 is 1.84 bits per heavy atom. The number of rotatable bonds is 7. The molecule has 0 unspecified atom stereocenters. The van der Waals surface area contributed by atoms with Crippen molar-refractivity contribution in [2.24, 2.45) is 0 Å². The number of aromatic nitrogens is 1. The highest BCUT2D eigenvalue weighted by atomic mass is 32.1. The van der Waals surface area contributed by atoms with Gasteiger partial charge in [-0.3, -0.25) is 4.79 Å². The molecule has 0 spiro atoms. The van der Waals surface area contributed by atoms with Crippen molar-refractivity contribution < 1.29 is 14.3 Å². The molecule has 0 saturated heterocycles. The number of methoxy groups -OCH3 is 1. The standard InChI is InChI=1S/C13H20N2O3S/c1-5-7-15(8-6-2)13-14-10(12(17)18-4)11(19-13)9(3)16/h5-8H2,1-4H3. The molecule has 5 nitrogen and oxygen atoms in total. The topological polar surface area (TPSA) is 59.5 Å². The summed E-state index contributed by atoms with van der Waals surface area (Å²) in [6.07, 6.45) is 1.98. The van der Waals surface area contributed by atoms with E-state index in [-0.39, 0.29) is 11.5 Å².